The summed E-state index contributed by atoms with van der Waals surface area (Å²) in [5, 5.41) is 3.34. The summed E-state index contributed by atoms with van der Waals surface area (Å²) >= 11 is 0. The van der Waals surface area contributed by atoms with Gasteiger partial charge in [0.05, 0.1) is 0 Å². The number of fused-ring (bicyclic) bond motifs is 1. The smallest absolute Gasteiger partial charge is 0.0302 e. The van der Waals surface area contributed by atoms with Gasteiger partial charge in [-0.2, -0.15) is 0 Å². The van der Waals surface area contributed by atoms with E-state index in [9.17, 15) is 0 Å². The van der Waals surface area contributed by atoms with Gasteiger partial charge in [0.2, 0.25) is 0 Å². The van der Waals surface area contributed by atoms with Gasteiger partial charge in [-0.1, -0.05) is 6.08 Å². The highest BCUT2D eigenvalue weighted by Gasteiger charge is 2.29. The van der Waals surface area contributed by atoms with Gasteiger partial charge in [-0.3, -0.25) is 0 Å². The Balaban J connectivity index is 2.17. The number of nitrogens with one attached hydrogen (secondary N) is 1. The van der Waals surface area contributed by atoms with Gasteiger partial charge >= 0.3 is 0 Å². The molecule has 1 fully saturated rings. The van der Waals surface area contributed by atoms with Gasteiger partial charge in [0.15, 0.2) is 0 Å². The van der Waals surface area contributed by atoms with Crippen LogP contribution in [0.3, 0.4) is 0 Å². The summed E-state index contributed by atoms with van der Waals surface area (Å²) in [5.74, 6) is 0.661. The lowest BCUT2D eigenvalue weighted by molar-refractivity contribution is 0.478. The standard InChI is InChI=1S/C8H14N2/c9-7-5-10-8-4-2-1-3-6(7)8/h4,6-7,10H,1-3,5,9H2. The first-order chi connectivity index (χ1) is 4.88. The normalized spacial score (nSPS) is 38.3. The maximum Gasteiger partial charge on any atom is 0.0302 e. The molecule has 2 nitrogen and oxygen atoms in total. The van der Waals surface area contributed by atoms with Crippen molar-refractivity contribution in [3.8, 4) is 0 Å². The Kier molecular flexibility index (Phi) is 1.42. The second-order valence-corrected chi connectivity index (χ2v) is 3.24. The molecule has 1 heterocycles. The molecule has 10 heavy (non-hydrogen) atoms. The van der Waals surface area contributed by atoms with E-state index >= 15 is 0 Å². The van der Waals surface area contributed by atoms with E-state index in [0.717, 1.165) is 6.54 Å². The Morgan fingerprint density at radius 1 is 1.60 bits per heavy atom. The zero-order chi connectivity index (χ0) is 6.97. The van der Waals surface area contributed by atoms with Crippen molar-refractivity contribution >= 4 is 0 Å². The highest BCUT2D eigenvalue weighted by molar-refractivity contribution is 5.16. The fourth-order valence-corrected chi connectivity index (χ4v) is 1.93. The third-order valence-electron chi connectivity index (χ3n) is 2.54. The average Bonchev–Trinajstić information content (AvgIpc) is 2.34. The van der Waals surface area contributed by atoms with Crippen LogP contribution in [0, 0.1) is 5.92 Å². The fourth-order valence-electron chi connectivity index (χ4n) is 1.93. The van der Waals surface area contributed by atoms with Crippen LogP contribution in [0.25, 0.3) is 0 Å². The maximum absolute atomic E-state index is 5.89. The van der Waals surface area contributed by atoms with Crippen LogP contribution in [-0.4, -0.2) is 12.6 Å². The van der Waals surface area contributed by atoms with E-state index in [4.69, 9.17) is 5.73 Å². The molecule has 2 atom stereocenters. The molecule has 1 aliphatic carbocycles. The van der Waals surface area contributed by atoms with Crippen LogP contribution < -0.4 is 11.1 Å². The molecule has 2 aliphatic rings. The van der Waals surface area contributed by atoms with Crippen molar-refractivity contribution in [1.29, 1.82) is 0 Å². The minimum absolute atomic E-state index is 0.381. The molecule has 0 aromatic heterocycles. The van der Waals surface area contributed by atoms with E-state index < -0.39 is 0 Å². The lowest BCUT2D eigenvalue weighted by Crippen LogP contribution is -2.29. The first-order valence-corrected chi connectivity index (χ1v) is 4.07. The average molecular weight is 138 g/mol. The molecule has 0 radical (unpaired) electrons. The third-order valence-corrected chi connectivity index (χ3v) is 2.54. The first kappa shape index (κ1) is 6.23. The van der Waals surface area contributed by atoms with Crippen LogP contribution in [0.4, 0.5) is 0 Å². The lowest BCUT2D eigenvalue weighted by atomic mass is 9.90. The van der Waals surface area contributed by atoms with Gasteiger partial charge in [-0.15, -0.1) is 0 Å². The van der Waals surface area contributed by atoms with E-state index in [0.29, 0.717) is 12.0 Å². The van der Waals surface area contributed by atoms with E-state index in [1.807, 2.05) is 0 Å². The van der Waals surface area contributed by atoms with Crippen molar-refractivity contribution in [1.82, 2.24) is 5.32 Å². The molecule has 1 saturated heterocycles. The van der Waals surface area contributed by atoms with Gasteiger partial charge in [0.1, 0.15) is 0 Å². The summed E-state index contributed by atoms with van der Waals surface area (Å²) in [6, 6.07) is 0.381. The monoisotopic (exact) mass is 138 g/mol. The second-order valence-electron chi connectivity index (χ2n) is 3.24. The molecule has 0 aromatic rings. The molecule has 2 rings (SSSR count). The zero-order valence-electron chi connectivity index (χ0n) is 6.14. The predicted molar refractivity (Wildman–Crippen MR) is 41.4 cm³/mol. The molecule has 0 aromatic carbocycles. The summed E-state index contributed by atoms with van der Waals surface area (Å²) < 4.78 is 0. The number of hydrogen-bond acceptors (Lipinski definition) is 2. The summed E-state index contributed by atoms with van der Waals surface area (Å²) in [7, 11) is 0. The zero-order valence-corrected chi connectivity index (χ0v) is 6.14. The number of hydrogen-bond donors (Lipinski definition) is 2. The SMILES string of the molecule is NC1CNC2=CCCCC21. The van der Waals surface area contributed by atoms with Crippen LogP contribution in [0.5, 0.6) is 0 Å². The molecule has 3 N–H and O–H groups in total. The van der Waals surface area contributed by atoms with Crippen molar-refractivity contribution in [2.45, 2.75) is 25.3 Å². The Bertz CT molecular complexity index is 163. The van der Waals surface area contributed by atoms with E-state index in [1.54, 1.807) is 0 Å². The molecule has 0 spiro atoms. The molecular weight excluding hydrogens is 124 g/mol. The molecule has 0 amide bonds. The molecule has 0 saturated carbocycles. The van der Waals surface area contributed by atoms with Gasteiger partial charge < -0.3 is 11.1 Å². The summed E-state index contributed by atoms with van der Waals surface area (Å²) in [6.07, 6.45) is 6.16. The van der Waals surface area contributed by atoms with Crippen LogP contribution in [0.15, 0.2) is 11.8 Å². The topological polar surface area (TPSA) is 38.0 Å². The second kappa shape index (κ2) is 2.27. The highest BCUT2D eigenvalue weighted by atomic mass is 15.0. The van der Waals surface area contributed by atoms with E-state index in [-0.39, 0.29) is 0 Å². The largest absolute Gasteiger partial charge is 0.387 e. The van der Waals surface area contributed by atoms with Crippen molar-refractivity contribution in [3.05, 3.63) is 11.8 Å². The molecule has 56 valence electrons. The van der Waals surface area contributed by atoms with Gasteiger partial charge in [0.25, 0.3) is 0 Å². The van der Waals surface area contributed by atoms with E-state index in [2.05, 4.69) is 11.4 Å². The van der Waals surface area contributed by atoms with E-state index in [1.165, 1.54) is 25.0 Å². The summed E-state index contributed by atoms with van der Waals surface area (Å²) in [4.78, 5) is 0. The predicted octanol–water partition coefficient (Wildman–Crippen LogP) is 0.601. The molecule has 0 bridgehead atoms. The summed E-state index contributed by atoms with van der Waals surface area (Å²) in [6.45, 7) is 0.983. The Labute approximate surface area is 61.5 Å². The van der Waals surface area contributed by atoms with Crippen LogP contribution in [0.2, 0.25) is 0 Å². The lowest BCUT2D eigenvalue weighted by Gasteiger charge is -2.18. The first-order valence-electron chi connectivity index (χ1n) is 4.07. The Hall–Kier alpha value is -0.500. The molecule has 1 aliphatic heterocycles. The van der Waals surface area contributed by atoms with Crippen molar-refractivity contribution in [2.24, 2.45) is 11.7 Å². The number of rotatable bonds is 0. The number of nitrogens with two attached hydrogens (primary N) is 1. The minimum atomic E-state index is 0.381. The van der Waals surface area contributed by atoms with Crippen LogP contribution in [0.1, 0.15) is 19.3 Å². The molecule has 2 heteroatoms. The van der Waals surface area contributed by atoms with Gasteiger partial charge in [-0.25, -0.2) is 0 Å². The van der Waals surface area contributed by atoms with Gasteiger partial charge in [0, 0.05) is 24.2 Å². The Morgan fingerprint density at radius 2 is 2.50 bits per heavy atom. The quantitative estimate of drug-likeness (QED) is 0.514. The highest BCUT2D eigenvalue weighted by Crippen LogP contribution is 2.28. The van der Waals surface area contributed by atoms with Gasteiger partial charge in [-0.05, 0) is 19.3 Å². The van der Waals surface area contributed by atoms with Crippen molar-refractivity contribution in [2.75, 3.05) is 6.54 Å². The van der Waals surface area contributed by atoms with Crippen molar-refractivity contribution < 1.29 is 0 Å². The fraction of sp³-hybridized carbons (Fsp3) is 0.750. The molecule has 2 unspecified atom stereocenters. The maximum atomic E-state index is 5.89. The number of allylic oxidation sites excluding steroid dienone is 1. The Morgan fingerprint density at radius 3 is 3.30 bits per heavy atom. The molecular formula is C8H14N2. The minimum Gasteiger partial charge on any atom is -0.387 e. The van der Waals surface area contributed by atoms with Crippen LogP contribution >= 0.6 is 0 Å². The van der Waals surface area contributed by atoms with Crippen molar-refractivity contribution in [3.63, 3.8) is 0 Å². The van der Waals surface area contributed by atoms with Crippen LogP contribution in [-0.2, 0) is 0 Å². The third kappa shape index (κ3) is 0.833. The summed E-state index contributed by atoms with van der Waals surface area (Å²) in [5.41, 5.74) is 7.30.